The van der Waals surface area contributed by atoms with Crippen LogP contribution in [-0.4, -0.2) is 46.3 Å². The molecule has 1 saturated heterocycles. The summed E-state index contributed by atoms with van der Waals surface area (Å²) in [5, 5.41) is 14.3. The molecule has 0 bridgehead atoms. The summed E-state index contributed by atoms with van der Waals surface area (Å²) >= 11 is 0. The number of aliphatic carboxylic acids is 1. The van der Waals surface area contributed by atoms with Gasteiger partial charge in [-0.2, -0.15) is 4.98 Å². The summed E-state index contributed by atoms with van der Waals surface area (Å²) in [5.41, 5.74) is 5.27. The smallest absolute Gasteiger partial charge is 0.310 e. The molecule has 2 heterocycles. The lowest BCUT2D eigenvalue weighted by molar-refractivity contribution is -0.152. The van der Waals surface area contributed by atoms with Crippen LogP contribution in [-0.2, 0) is 17.8 Å². The van der Waals surface area contributed by atoms with Gasteiger partial charge in [-0.25, -0.2) is 0 Å². The minimum Gasteiger partial charge on any atom is -0.496 e. The minimum absolute atomic E-state index is 0.428. The lowest BCUT2D eigenvalue weighted by Gasteiger charge is -2.39. The number of methoxy groups -OCH3 is 1. The van der Waals surface area contributed by atoms with E-state index in [2.05, 4.69) is 27.2 Å². The van der Waals surface area contributed by atoms with E-state index >= 15 is 0 Å². The third-order valence-electron chi connectivity index (χ3n) is 8.23. The van der Waals surface area contributed by atoms with Crippen LogP contribution in [0, 0.1) is 5.41 Å². The van der Waals surface area contributed by atoms with Crippen molar-refractivity contribution in [1.29, 1.82) is 0 Å². The molecule has 1 fully saturated rings. The van der Waals surface area contributed by atoms with E-state index < -0.39 is 11.4 Å². The van der Waals surface area contributed by atoms with E-state index in [1.165, 1.54) is 0 Å². The summed E-state index contributed by atoms with van der Waals surface area (Å²) in [4.78, 5) is 19.2. The first-order valence-corrected chi connectivity index (χ1v) is 14.2. The Balaban J connectivity index is 1.10. The van der Waals surface area contributed by atoms with Crippen molar-refractivity contribution in [3.63, 3.8) is 0 Å². The fourth-order valence-electron chi connectivity index (χ4n) is 5.75. The van der Waals surface area contributed by atoms with E-state index in [0.29, 0.717) is 31.0 Å². The maximum Gasteiger partial charge on any atom is 0.310 e. The fourth-order valence-corrected chi connectivity index (χ4v) is 5.75. The van der Waals surface area contributed by atoms with Crippen molar-refractivity contribution in [1.82, 2.24) is 15.0 Å². The van der Waals surface area contributed by atoms with Crippen LogP contribution in [0.25, 0.3) is 34.0 Å². The number of likely N-dealkylation sites (tertiary alicyclic amines) is 1. The zero-order chi connectivity index (χ0) is 28.9. The minimum atomic E-state index is -0.704. The third kappa shape index (κ3) is 5.83. The maximum absolute atomic E-state index is 12.3. The Hall–Kier alpha value is -4.75. The molecule has 1 aliphatic heterocycles. The van der Waals surface area contributed by atoms with Gasteiger partial charge in [-0.05, 0) is 67.2 Å². The highest BCUT2D eigenvalue weighted by Crippen LogP contribution is 2.37. The number of ether oxygens (including phenoxy) is 1. The molecule has 0 radical (unpaired) electrons. The molecule has 4 aromatic carbocycles. The van der Waals surface area contributed by atoms with E-state index in [4.69, 9.17) is 9.26 Å². The van der Waals surface area contributed by atoms with E-state index in [0.717, 1.165) is 58.8 Å². The number of carboxylic acid groups (broad SMARTS) is 1. The molecule has 212 valence electrons. The molecule has 0 spiro atoms. The molecule has 7 nitrogen and oxygen atoms in total. The molecule has 0 saturated carbocycles. The highest BCUT2D eigenvalue weighted by molar-refractivity contribution is 5.76. The Bertz CT molecular complexity index is 1640. The van der Waals surface area contributed by atoms with Crippen LogP contribution < -0.4 is 4.74 Å². The number of benzene rings is 4. The average molecular weight is 560 g/mol. The van der Waals surface area contributed by atoms with Crippen molar-refractivity contribution in [2.45, 2.75) is 25.8 Å². The molecule has 6 rings (SSSR count). The first-order valence-electron chi connectivity index (χ1n) is 14.2. The van der Waals surface area contributed by atoms with Crippen molar-refractivity contribution in [3.8, 4) is 39.7 Å². The molecular formula is C35H33N3O4. The van der Waals surface area contributed by atoms with Gasteiger partial charge in [-0.15, -0.1) is 0 Å². The number of carboxylic acids is 1. The monoisotopic (exact) mass is 559 g/mol. The molecule has 42 heavy (non-hydrogen) atoms. The lowest BCUT2D eigenvalue weighted by atomic mass is 9.74. The average Bonchev–Trinajstić information content (AvgIpc) is 3.53. The molecule has 0 atom stereocenters. The first-order chi connectivity index (χ1) is 20.5. The zero-order valence-corrected chi connectivity index (χ0v) is 23.6. The second-order valence-corrected chi connectivity index (χ2v) is 10.9. The predicted molar refractivity (Wildman–Crippen MR) is 162 cm³/mol. The molecule has 1 N–H and O–H groups in total. The summed E-state index contributed by atoms with van der Waals surface area (Å²) in [6, 6.07) is 34.1. The molecule has 7 heteroatoms. The van der Waals surface area contributed by atoms with Gasteiger partial charge >= 0.3 is 5.97 Å². The second kappa shape index (κ2) is 12.0. The Labute approximate surface area is 245 Å². The van der Waals surface area contributed by atoms with E-state index in [1.54, 1.807) is 7.11 Å². The van der Waals surface area contributed by atoms with Crippen molar-refractivity contribution in [3.05, 3.63) is 114 Å². The van der Waals surface area contributed by atoms with Crippen LogP contribution in [0.1, 0.15) is 24.0 Å². The predicted octanol–water partition coefficient (Wildman–Crippen LogP) is 6.99. The van der Waals surface area contributed by atoms with Crippen LogP contribution in [0.15, 0.2) is 108 Å². The van der Waals surface area contributed by atoms with Crippen LogP contribution >= 0.6 is 0 Å². The van der Waals surface area contributed by atoms with Gasteiger partial charge in [0.2, 0.25) is 5.82 Å². The lowest BCUT2D eigenvalue weighted by Crippen LogP contribution is -2.45. The molecule has 0 aliphatic carbocycles. The highest BCUT2D eigenvalue weighted by Gasteiger charge is 2.41. The Morgan fingerprint density at radius 1 is 0.857 bits per heavy atom. The van der Waals surface area contributed by atoms with E-state index in [1.807, 2.05) is 91.0 Å². The van der Waals surface area contributed by atoms with E-state index in [9.17, 15) is 9.90 Å². The standard InChI is InChI=1S/C35H33N3O4/c1-41-31-22-29(16-17-30(31)27-10-6-3-7-11-27)33-36-32(37-42-33)28-14-12-26(13-15-28)24-38-20-18-35(19-21-38,34(39)40)23-25-8-4-2-5-9-25/h2-17,22H,18-21,23-24H2,1H3,(H,39,40). The number of hydrogen-bond acceptors (Lipinski definition) is 6. The van der Waals surface area contributed by atoms with Gasteiger partial charge in [0.25, 0.3) is 5.89 Å². The number of carbonyl (C=O) groups is 1. The van der Waals surface area contributed by atoms with Crippen LogP contribution in [0.5, 0.6) is 5.75 Å². The van der Waals surface area contributed by atoms with Crippen LogP contribution in [0.2, 0.25) is 0 Å². The molecule has 0 amide bonds. The van der Waals surface area contributed by atoms with Crippen LogP contribution in [0.3, 0.4) is 0 Å². The van der Waals surface area contributed by atoms with Gasteiger partial charge in [0, 0.05) is 23.2 Å². The molecule has 1 aromatic heterocycles. The van der Waals surface area contributed by atoms with Crippen molar-refractivity contribution in [2.24, 2.45) is 5.41 Å². The summed E-state index contributed by atoms with van der Waals surface area (Å²) < 4.78 is 11.3. The SMILES string of the molecule is COc1cc(-c2nc(-c3ccc(CN4CCC(Cc5ccccc5)(C(=O)O)CC4)cc3)no2)ccc1-c1ccccc1. The normalized spacial score (nSPS) is 14.9. The van der Waals surface area contributed by atoms with Gasteiger partial charge in [0.1, 0.15) is 5.75 Å². The van der Waals surface area contributed by atoms with Crippen molar-refractivity contribution < 1.29 is 19.2 Å². The number of rotatable bonds is 9. The van der Waals surface area contributed by atoms with Crippen molar-refractivity contribution in [2.75, 3.05) is 20.2 Å². The number of aromatic nitrogens is 2. The highest BCUT2D eigenvalue weighted by atomic mass is 16.5. The second-order valence-electron chi connectivity index (χ2n) is 10.9. The van der Waals surface area contributed by atoms with Gasteiger partial charge in [-0.3, -0.25) is 9.69 Å². The van der Waals surface area contributed by atoms with Gasteiger partial charge in [-0.1, -0.05) is 90.1 Å². The van der Waals surface area contributed by atoms with Gasteiger partial charge < -0.3 is 14.4 Å². The Morgan fingerprint density at radius 3 is 2.19 bits per heavy atom. The Kier molecular flexibility index (Phi) is 7.84. The molecular weight excluding hydrogens is 526 g/mol. The van der Waals surface area contributed by atoms with Crippen molar-refractivity contribution >= 4 is 5.97 Å². The summed E-state index contributed by atoms with van der Waals surface area (Å²) in [6.45, 7) is 2.27. The third-order valence-corrected chi connectivity index (χ3v) is 8.23. The first kappa shape index (κ1) is 27.4. The van der Waals surface area contributed by atoms with E-state index in [-0.39, 0.29) is 0 Å². The summed E-state index contributed by atoms with van der Waals surface area (Å²) in [7, 11) is 1.66. The maximum atomic E-state index is 12.3. The Morgan fingerprint density at radius 2 is 1.52 bits per heavy atom. The molecule has 0 unspecified atom stereocenters. The zero-order valence-electron chi connectivity index (χ0n) is 23.6. The fraction of sp³-hybridized carbons (Fsp3) is 0.229. The van der Waals surface area contributed by atoms with Crippen LogP contribution in [0.4, 0.5) is 0 Å². The largest absolute Gasteiger partial charge is 0.496 e. The number of nitrogens with zero attached hydrogens (tertiary/aromatic N) is 3. The number of piperidine rings is 1. The number of hydrogen-bond donors (Lipinski definition) is 1. The van der Waals surface area contributed by atoms with Gasteiger partial charge in [0.05, 0.1) is 12.5 Å². The molecule has 5 aromatic rings. The summed E-state index contributed by atoms with van der Waals surface area (Å²) in [6.07, 6.45) is 1.85. The summed E-state index contributed by atoms with van der Waals surface area (Å²) in [5.74, 6) is 0.993. The molecule has 1 aliphatic rings. The quantitative estimate of drug-likeness (QED) is 0.208. The van der Waals surface area contributed by atoms with Gasteiger partial charge in [0.15, 0.2) is 0 Å². The topological polar surface area (TPSA) is 88.7 Å².